The lowest BCUT2D eigenvalue weighted by molar-refractivity contribution is 0.0521. The molecule has 6 heteroatoms. The lowest BCUT2D eigenvalue weighted by Crippen LogP contribution is -2.46. The highest BCUT2D eigenvalue weighted by Crippen LogP contribution is 2.28. The van der Waals surface area contributed by atoms with Gasteiger partial charge in [-0.15, -0.1) is 0 Å². The molecule has 1 aromatic heterocycles. The molecule has 1 heterocycles. The minimum Gasteiger partial charge on any atom is -0.394 e. The summed E-state index contributed by atoms with van der Waals surface area (Å²) in [4.78, 5) is 27.0. The van der Waals surface area contributed by atoms with E-state index < -0.39 is 5.91 Å². The number of aromatic nitrogens is 2. The number of hydrogen-bond donors (Lipinski definition) is 2. The molecule has 1 amide bonds. The second-order valence-corrected chi connectivity index (χ2v) is 6.23. The molecular weight excluding hydrogens is 294 g/mol. The largest absolute Gasteiger partial charge is 0.394 e. The molecule has 2 N–H and O–H groups in total. The van der Waals surface area contributed by atoms with E-state index in [-0.39, 0.29) is 23.8 Å². The molecular formula is C17H21N3O3. The first-order valence-corrected chi connectivity index (χ1v) is 8.01. The number of aliphatic hydroxyl groups excluding tert-OH is 1. The van der Waals surface area contributed by atoms with Crippen LogP contribution in [-0.4, -0.2) is 45.3 Å². The molecule has 1 aromatic carbocycles. The van der Waals surface area contributed by atoms with Gasteiger partial charge in [-0.2, -0.15) is 5.10 Å². The maximum Gasteiger partial charge on any atom is 0.278 e. The van der Waals surface area contributed by atoms with Gasteiger partial charge in [-0.05, 0) is 37.8 Å². The number of carbonyl (C=O) groups excluding carboxylic acids is 1. The number of para-hydroxylation sites is 1. The summed E-state index contributed by atoms with van der Waals surface area (Å²) in [5, 5.41) is 16.7. The first-order valence-electron chi connectivity index (χ1n) is 8.01. The first kappa shape index (κ1) is 15.7. The van der Waals surface area contributed by atoms with Crippen LogP contribution in [0.4, 0.5) is 0 Å². The van der Waals surface area contributed by atoms with E-state index in [9.17, 15) is 14.7 Å². The predicted octanol–water partition coefficient (Wildman–Crippen LogP) is 1.55. The highest BCUT2D eigenvalue weighted by molar-refractivity contribution is 5.95. The van der Waals surface area contributed by atoms with Gasteiger partial charge in [0.1, 0.15) is 0 Å². The van der Waals surface area contributed by atoms with Gasteiger partial charge in [0.2, 0.25) is 5.43 Å². The molecule has 122 valence electrons. The standard InChI is InChI=1S/C17H21N3O3/c1-11(10-21)20(9-12-5-4-6-12)17(23)15-16(22)13-7-2-3-8-14(13)18-19-15/h2-3,7-8,11-12,21H,4-6,9-10H2,1H3,(H,18,22)/t11-/m0/s1. The van der Waals surface area contributed by atoms with Crippen LogP contribution in [0.1, 0.15) is 36.7 Å². The Morgan fingerprint density at radius 3 is 2.83 bits per heavy atom. The number of fused-ring (bicyclic) bond motifs is 1. The van der Waals surface area contributed by atoms with Gasteiger partial charge in [0.15, 0.2) is 5.69 Å². The summed E-state index contributed by atoms with van der Waals surface area (Å²) in [6.07, 6.45) is 3.35. The van der Waals surface area contributed by atoms with Crippen LogP contribution >= 0.6 is 0 Å². The molecule has 0 spiro atoms. The molecule has 2 aromatic rings. The monoisotopic (exact) mass is 315 g/mol. The normalized spacial score (nSPS) is 16.1. The van der Waals surface area contributed by atoms with E-state index in [0.717, 1.165) is 12.8 Å². The van der Waals surface area contributed by atoms with Gasteiger partial charge in [-0.25, -0.2) is 0 Å². The Labute approximate surface area is 134 Å². The third-order valence-corrected chi connectivity index (χ3v) is 4.61. The van der Waals surface area contributed by atoms with Crippen LogP contribution in [0.5, 0.6) is 0 Å². The number of H-pyrrole nitrogens is 1. The smallest absolute Gasteiger partial charge is 0.278 e. The van der Waals surface area contributed by atoms with Crippen LogP contribution in [0.3, 0.4) is 0 Å². The number of benzene rings is 1. The molecule has 1 saturated carbocycles. The fraction of sp³-hybridized carbons (Fsp3) is 0.471. The van der Waals surface area contributed by atoms with E-state index in [4.69, 9.17) is 0 Å². The molecule has 1 aliphatic carbocycles. The Balaban J connectivity index is 1.95. The Morgan fingerprint density at radius 2 is 2.17 bits per heavy atom. The average Bonchev–Trinajstić information content (AvgIpc) is 2.53. The van der Waals surface area contributed by atoms with Crippen molar-refractivity contribution in [2.45, 2.75) is 32.2 Å². The van der Waals surface area contributed by atoms with Crippen molar-refractivity contribution in [2.75, 3.05) is 13.2 Å². The lowest BCUT2D eigenvalue weighted by Gasteiger charge is -2.35. The van der Waals surface area contributed by atoms with Crippen molar-refractivity contribution < 1.29 is 9.90 Å². The summed E-state index contributed by atoms with van der Waals surface area (Å²) in [7, 11) is 0. The number of aromatic amines is 1. The van der Waals surface area contributed by atoms with Gasteiger partial charge in [0, 0.05) is 11.9 Å². The van der Waals surface area contributed by atoms with Crippen LogP contribution in [0.25, 0.3) is 10.9 Å². The number of carbonyl (C=O) groups is 1. The number of nitrogens with one attached hydrogen (secondary N) is 1. The van der Waals surface area contributed by atoms with Gasteiger partial charge >= 0.3 is 0 Å². The first-order chi connectivity index (χ1) is 11.1. The fourth-order valence-corrected chi connectivity index (χ4v) is 2.87. The molecule has 1 aliphatic rings. The highest BCUT2D eigenvalue weighted by atomic mass is 16.3. The van der Waals surface area contributed by atoms with Crippen LogP contribution in [0.2, 0.25) is 0 Å². The number of nitrogens with zero attached hydrogens (tertiary/aromatic N) is 2. The zero-order valence-electron chi connectivity index (χ0n) is 13.2. The molecule has 6 nitrogen and oxygen atoms in total. The molecule has 23 heavy (non-hydrogen) atoms. The van der Waals surface area contributed by atoms with Crippen LogP contribution in [0.15, 0.2) is 29.1 Å². The second-order valence-electron chi connectivity index (χ2n) is 6.23. The van der Waals surface area contributed by atoms with Crippen molar-refractivity contribution in [3.05, 3.63) is 40.2 Å². The quantitative estimate of drug-likeness (QED) is 0.876. The van der Waals surface area contributed by atoms with E-state index in [0.29, 0.717) is 23.4 Å². The van der Waals surface area contributed by atoms with Crippen molar-refractivity contribution >= 4 is 16.8 Å². The third kappa shape index (κ3) is 2.99. The Morgan fingerprint density at radius 1 is 1.43 bits per heavy atom. The number of amides is 1. The minimum absolute atomic E-state index is 0.108. The van der Waals surface area contributed by atoms with Crippen LogP contribution in [0, 0.1) is 5.92 Å². The van der Waals surface area contributed by atoms with Crippen molar-refractivity contribution in [1.29, 1.82) is 0 Å². The van der Waals surface area contributed by atoms with Crippen molar-refractivity contribution in [3.8, 4) is 0 Å². The number of hydrogen-bond acceptors (Lipinski definition) is 4. The Hall–Kier alpha value is -2.21. The Bertz CT molecular complexity index is 767. The molecule has 0 radical (unpaired) electrons. The molecule has 1 atom stereocenters. The lowest BCUT2D eigenvalue weighted by atomic mass is 9.85. The van der Waals surface area contributed by atoms with Gasteiger partial charge in [0.05, 0.1) is 18.2 Å². The van der Waals surface area contributed by atoms with Crippen LogP contribution in [-0.2, 0) is 0 Å². The van der Waals surface area contributed by atoms with E-state index in [1.54, 1.807) is 36.1 Å². The maximum atomic E-state index is 12.8. The highest BCUT2D eigenvalue weighted by Gasteiger charge is 2.29. The van der Waals surface area contributed by atoms with E-state index in [2.05, 4.69) is 10.2 Å². The van der Waals surface area contributed by atoms with Gasteiger partial charge in [-0.1, -0.05) is 18.6 Å². The van der Waals surface area contributed by atoms with E-state index >= 15 is 0 Å². The molecule has 1 fully saturated rings. The summed E-state index contributed by atoms with van der Waals surface area (Å²) in [5.41, 5.74) is 0.131. The van der Waals surface area contributed by atoms with Crippen molar-refractivity contribution in [1.82, 2.24) is 15.1 Å². The van der Waals surface area contributed by atoms with E-state index in [1.807, 2.05) is 0 Å². The zero-order valence-corrected chi connectivity index (χ0v) is 13.2. The van der Waals surface area contributed by atoms with Crippen molar-refractivity contribution in [3.63, 3.8) is 0 Å². The summed E-state index contributed by atoms with van der Waals surface area (Å²) in [6, 6.07) is 6.65. The second kappa shape index (κ2) is 6.50. The van der Waals surface area contributed by atoms with Gasteiger partial charge < -0.3 is 10.0 Å². The summed E-state index contributed by atoms with van der Waals surface area (Å²) in [6.45, 7) is 2.21. The maximum absolute atomic E-state index is 12.8. The summed E-state index contributed by atoms with van der Waals surface area (Å²) in [5.74, 6) is 0.0398. The van der Waals surface area contributed by atoms with Crippen molar-refractivity contribution in [2.24, 2.45) is 5.92 Å². The number of aliphatic hydroxyl groups is 1. The average molecular weight is 315 g/mol. The molecule has 0 aliphatic heterocycles. The third-order valence-electron chi connectivity index (χ3n) is 4.61. The van der Waals surface area contributed by atoms with E-state index in [1.165, 1.54) is 6.42 Å². The minimum atomic E-state index is -0.412. The van der Waals surface area contributed by atoms with Gasteiger partial charge in [0.25, 0.3) is 5.91 Å². The van der Waals surface area contributed by atoms with Crippen LogP contribution < -0.4 is 5.43 Å². The number of rotatable bonds is 5. The Kier molecular flexibility index (Phi) is 4.43. The molecule has 0 saturated heterocycles. The summed E-state index contributed by atoms with van der Waals surface area (Å²) < 4.78 is 0. The molecule has 0 bridgehead atoms. The predicted molar refractivity (Wildman–Crippen MR) is 87.3 cm³/mol. The topological polar surface area (TPSA) is 86.3 Å². The zero-order chi connectivity index (χ0) is 16.4. The summed E-state index contributed by atoms with van der Waals surface area (Å²) >= 11 is 0. The SMILES string of the molecule is C[C@@H](CO)N(CC1CCC1)C(=O)c1n[nH]c2ccccc2c1=O. The van der Waals surface area contributed by atoms with Gasteiger partial charge in [-0.3, -0.25) is 14.7 Å². The fourth-order valence-electron chi connectivity index (χ4n) is 2.87. The molecule has 3 rings (SSSR count). The molecule has 0 unspecified atom stereocenters.